The van der Waals surface area contributed by atoms with E-state index >= 15 is 0 Å². The SMILES string of the molecule is O=[C]=[Mn](=[C]=O)(=[C]=O)([C](=O)Cl)[C]1=CC=CC1. The van der Waals surface area contributed by atoms with Crippen LogP contribution in [0.15, 0.2) is 22.7 Å². The van der Waals surface area contributed by atoms with Crippen LogP contribution in [0.25, 0.3) is 0 Å². The van der Waals surface area contributed by atoms with Crippen molar-refractivity contribution in [1.29, 1.82) is 0 Å². The molecule has 0 atom stereocenters. The second-order valence-corrected chi connectivity index (χ2v) is 8.29. The molecular formula is C9H5ClMnO4. The van der Waals surface area contributed by atoms with Crippen molar-refractivity contribution in [2.45, 2.75) is 6.42 Å². The molecule has 0 fully saturated rings. The van der Waals surface area contributed by atoms with Gasteiger partial charge in [0.25, 0.3) is 0 Å². The summed E-state index contributed by atoms with van der Waals surface area (Å²) in [5, 5.41) is 0. The van der Waals surface area contributed by atoms with Crippen LogP contribution in [-0.4, -0.2) is 18.5 Å². The molecule has 1 aliphatic carbocycles. The van der Waals surface area contributed by atoms with Gasteiger partial charge < -0.3 is 0 Å². The van der Waals surface area contributed by atoms with Crippen molar-refractivity contribution < 1.29 is 29.7 Å². The molecule has 0 aromatic heterocycles. The molecular weight excluding hydrogens is 262 g/mol. The average molecular weight is 268 g/mol. The molecule has 0 saturated heterocycles. The molecule has 0 aromatic carbocycles. The number of hydrogen-bond acceptors (Lipinski definition) is 4. The molecule has 0 spiro atoms. The van der Waals surface area contributed by atoms with Gasteiger partial charge in [-0.05, 0) is 0 Å². The van der Waals surface area contributed by atoms with Gasteiger partial charge in [-0.15, -0.1) is 0 Å². The molecule has 0 bridgehead atoms. The Morgan fingerprint density at radius 3 is 2.07 bits per heavy atom. The van der Waals surface area contributed by atoms with Crippen LogP contribution in [0.1, 0.15) is 6.42 Å². The van der Waals surface area contributed by atoms with Gasteiger partial charge >= 0.3 is 88.9 Å². The molecule has 6 heteroatoms. The van der Waals surface area contributed by atoms with Crippen LogP contribution in [0, 0.1) is 0 Å². The molecule has 1 aliphatic rings. The van der Waals surface area contributed by atoms with Crippen LogP contribution in [0.5, 0.6) is 0 Å². The molecule has 4 nitrogen and oxygen atoms in total. The van der Waals surface area contributed by atoms with Crippen LogP contribution in [0.2, 0.25) is 0 Å². The predicted molar refractivity (Wildman–Crippen MR) is 50.2 cm³/mol. The zero-order valence-corrected chi connectivity index (χ0v) is 9.26. The Bertz CT molecular complexity index is 635. The summed E-state index contributed by atoms with van der Waals surface area (Å²) >= 11 is 5.21. The summed E-state index contributed by atoms with van der Waals surface area (Å²) in [4.78, 5) is 47.6. The maximum atomic E-state index is 11.2. The number of allylic oxidation sites excluding steroid dienone is 4. The summed E-state index contributed by atoms with van der Waals surface area (Å²) in [6.45, 7) is 0. The average Bonchev–Trinajstić information content (AvgIpc) is 2.76. The summed E-state index contributed by atoms with van der Waals surface area (Å²) in [5.41, 5.74) is 0. The third-order valence-electron chi connectivity index (χ3n) is 1.97. The Kier molecular flexibility index (Phi) is 2.90. The van der Waals surface area contributed by atoms with E-state index in [4.69, 9.17) is 11.6 Å². The van der Waals surface area contributed by atoms with E-state index in [1.54, 1.807) is 6.08 Å². The van der Waals surface area contributed by atoms with Gasteiger partial charge in [0, 0.05) is 0 Å². The Labute approximate surface area is 89.0 Å². The van der Waals surface area contributed by atoms with Gasteiger partial charge in [0.15, 0.2) is 0 Å². The van der Waals surface area contributed by atoms with Gasteiger partial charge in [-0.2, -0.15) is 0 Å². The van der Waals surface area contributed by atoms with Crippen LogP contribution >= 0.6 is 11.6 Å². The third kappa shape index (κ3) is 1.28. The van der Waals surface area contributed by atoms with Crippen molar-refractivity contribution in [3.63, 3.8) is 0 Å². The van der Waals surface area contributed by atoms with Gasteiger partial charge in [-0.1, -0.05) is 0 Å². The maximum absolute atomic E-state index is 11.2. The van der Waals surface area contributed by atoms with Crippen LogP contribution < -0.4 is 0 Å². The fourth-order valence-electron chi connectivity index (χ4n) is 1.08. The fourth-order valence-corrected chi connectivity index (χ4v) is 4.14. The molecule has 15 heavy (non-hydrogen) atoms. The fraction of sp³-hybridized carbons (Fsp3) is 0.111. The van der Waals surface area contributed by atoms with Gasteiger partial charge in [-0.25, -0.2) is 0 Å². The summed E-state index contributed by atoms with van der Waals surface area (Å²) in [5.74, 6) is 0. The van der Waals surface area contributed by atoms with Crippen molar-refractivity contribution in [3.8, 4) is 0 Å². The molecule has 0 unspecified atom stereocenters. The molecule has 79 valence electrons. The molecule has 0 radical (unpaired) electrons. The Morgan fingerprint density at radius 1 is 1.27 bits per heavy atom. The van der Waals surface area contributed by atoms with Crippen molar-refractivity contribution >= 4 is 30.1 Å². The Morgan fingerprint density at radius 2 is 1.80 bits per heavy atom. The zero-order valence-electron chi connectivity index (χ0n) is 7.33. The van der Waals surface area contributed by atoms with Gasteiger partial charge in [-0.3, -0.25) is 0 Å². The number of hydrogen-bond donors (Lipinski definition) is 0. The van der Waals surface area contributed by atoms with Gasteiger partial charge in [0.2, 0.25) is 0 Å². The van der Waals surface area contributed by atoms with Crippen molar-refractivity contribution in [2.24, 2.45) is 0 Å². The Balaban J connectivity index is 4.15. The molecule has 0 saturated carbocycles. The standard InChI is InChI=1S/C5H5.CClO.3CO.Mn/c1-2-4-5-3-1;2-1-3;3*1-2;/h1-3H,4H2;;;;;. The molecule has 0 N–H and O–H groups in total. The molecule has 0 aliphatic heterocycles. The first-order valence-electron chi connectivity index (χ1n) is 3.67. The van der Waals surface area contributed by atoms with E-state index in [0.29, 0.717) is 0 Å². The van der Waals surface area contributed by atoms with Crippen molar-refractivity contribution in [3.05, 3.63) is 22.7 Å². The van der Waals surface area contributed by atoms with E-state index in [2.05, 4.69) is 0 Å². The van der Waals surface area contributed by atoms with Crippen LogP contribution in [-0.2, 0) is 24.9 Å². The topological polar surface area (TPSA) is 68.3 Å². The summed E-state index contributed by atoms with van der Waals surface area (Å²) in [6, 6.07) is 0. The minimum absolute atomic E-state index is 0.0662. The van der Waals surface area contributed by atoms with Crippen molar-refractivity contribution in [1.82, 2.24) is 0 Å². The number of rotatable bonds is 2. The normalized spacial score (nSPS) is 16.6. The first-order valence-corrected chi connectivity index (χ1v) is 7.00. The summed E-state index contributed by atoms with van der Waals surface area (Å²) in [7, 11) is -5.18. The first kappa shape index (κ1) is 11.8. The van der Waals surface area contributed by atoms with Crippen molar-refractivity contribution in [2.75, 3.05) is 0 Å². The predicted octanol–water partition coefficient (Wildman–Crippen LogP) is 1.08. The Hall–Kier alpha value is -1.30. The van der Waals surface area contributed by atoms with Gasteiger partial charge in [0.1, 0.15) is 0 Å². The summed E-state index contributed by atoms with van der Waals surface area (Å²) < 4.78 is -1.25. The van der Waals surface area contributed by atoms with Gasteiger partial charge in [0.05, 0.1) is 0 Å². The number of carbonyl (C=O) groups is 1. The van der Waals surface area contributed by atoms with E-state index in [0.717, 1.165) is 0 Å². The molecule has 0 heterocycles. The second-order valence-electron chi connectivity index (χ2n) is 2.65. The molecule has 0 aromatic rings. The summed E-state index contributed by atoms with van der Waals surface area (Å²) in [6.07, 6.45) is 4.60. The van der Waals surface area contributed by atoms with E-state index in [9.17, 15) is 19.2 Å². The van der Waals surface area contributed by atoms with Crippen LogP contribution in [0.4, 0.5) is 4.79 Å². The molecule has 1 rings (SSSR count). The quantitative estimate of drug-likeness (QED) is 0.554. The van der Waals surface area contributed by atoms with E-state index < -0.39 is 14.6 Å². The third-order valence-corrected chi connectivity index (χ3v) is 7.48. The zero-order chi connectivity index (χ0) is 11.6. The second kappa shape index (κ2) is 3.69. The molecule has 0 amide bonds. The minimum atomic E-state index is -5.18. The first-order chi connectivity index (χ1) is 7.06. The van der Waals surface area contributed by atoms with E-state index in [1.807, 2.05) is 0 Å². The van der Waals surface area contributed by atoms with E-state index in [1.165, 1.54) is 26.5 Å². The van der Waals surface area contributed by atoms with Crippen LogP contribution in [0.3, 0.4) is 0 Å². The monoisotopic (exact) mass is 267 g/mol. The number of carbonyl (C=O) groups excluding carboxylic acids is 4. The van der Waals surface area contributed by atoms with E-state index in [-0.39, 0.29) is 10.9 Å². The number of halogens is 1.